The highest BCUT2D eigenvalue weighted by Crippen LogP contribution is 2.32. The lowest BCUT2D eigenvalue weighted by Gasteiger charge is -2.25. The number of pyridine rings is 1. The molecular formula is C20H20N4O. The van der Waals surface area contributed by atoms with Gasteiger partial charge >= 0.3 is 0 Å². The fourth-order valence-electron chi connectivity index (χ4n) is 3.73. The number of fused-ring (bicyclic) bond motifs is 3. The Morgan fingerprint density at radius 1 is 1.28 bits per heavy atom. The van der Waals surface area contributed by atoms with E-state index in [1.165, 1.54) is 11.3 Å². The van der Waals surface area contributed by atoms with E-state index in [4.69, 9.17) is 0 Å². The number of aliphatic hydroxyl groups is 1. The Kier molecular flexibility index (Phi) is 4.00. The zero-order valence-corrected chi connectivity index (χ0v) is 14.2. The molecule has 0 aliphatic carbocycles. The summed E-state index contributed by atoms with van der Waals surface area (Å²) in [5.74, 6) is 0. The number of nitrogens with zero attached hydrogens (tertiary/aromatic N) is 4. The first-order valence-electron chi connectivity index (χ1n) is 8.48. The first-order valence-corrected chi connectivity index (χ1v) is 8.48. The second-order valence-electron chi connectivity index (χ2n) is 6.66. The molecule has 1 atom stereocenters. The number of likely N-dealkylation sites (N-methyl/N-ethyl adjacent to an activating group) is 1. The largest absolute Gasteiger partial charge is 0.387 e. The third kappa shape index (κ3) is 2.80. The molecule has 2 aromatic heterocycles. The van der Waals surface area contributed by atoms with Crippen molar-refractivity contribution in [3.63, 3.8) is 0 Å². The molecule has 0 fully saturated rings. The molecule has 1 aliphatic rings. The number of hydrogen-bond donors (Lipinski definition) is 1. The molecule has 0 saturated heterocycles. The molecule has 5 heteroatoms. The zero-order chi connectivity index (χ0) is 17.4. The minimum Gasteiger partial charge on any atom is -0.387 e. The number of nitriles is 1. The van der Waals surface area contributed by atoms with Gasteiger partial charge in [-0.2, -0.15) is 5.26 Å². The molecule has 1 aromatic carbocycles. The fraction of sp³-hybridized carbons (Fsp3) is 0.300. The van der Waals surface area contributed by atoms with E-state index in [1.54, 1.807) is 12.4 Å². The molecule has 126 valence electrons. The highest BCUT2D eigenvalue weighted by Gasteiger charge is 2.24. The minimum atomic E-state index is -0.585. The quantitative estimate of drug-likeness (QED) is 0.801. The van der Waals surface area contributed by atoms with Crippen LogP contribution >= 0.6 is 0 Å². The molecule has 0 amide bonds. The van der Waals surface area contributed by atoms with Gasteiger partial charge in [-0.1, -0.05) is 0 Å². The monoisotopic (exact) mass is 332 g/mol. The topological polar surface area (TPSA) is 65.1 Å². The van der Waals surface area contributed by atoms with Crippen LogP contribution in [0.15, 0.2) is 42.7 Å². The number of rotatable bonds is 3. The molecule has 4 rings (SSSR count). The molecule has 0 radical (unpaired) electrons. The van der Waals surface area contributed by atoms with Crippen molar-refractivity contribution < 1.29 is 5.11 Å². The van der Waals surface area contributed by atoms with E-state index in [-0.39, 0.29) is 0 Å². The van der Waals surface area contributed by atoms with E-state index in [1.807, 2.05) is 30.3 Å². The molecule has 0 bridgehead atoms. The Hall–Kier alpha value is -2.68. The van der Waals surface area contributed by atoms with Crippen LogP contribution in [0.4, 0.5) is 0 Å². The predicted molar refractivity (Wildman–Crippen MR) is 95.9 cm³/mol. The lowest BCUT2D eigenvalue weighted by atomic mass is 10.0. The normalized spacial score (nSPS) is 15.7. The average Bonchev–Trinajstić information content (AvgIpc) is 2.95. The van der Waals surface area contributed by atoms with Crippen molar-refractivity contribution in [3.05, 3.63) is 65.1 Å². The summed E-state index contributed by atoms with van der Waals surface area (Å²) in [4.78, 5) is 6.31. The van der Waals surface area contributed by atoms with Gasteiger partial charge in [0.15, 0.2) is 0 Å². The van der Waals surface area contributed by atoms with E-state index in [2.05, 4.69) is 27.6 Å². The van der Waals surface area contributed by atoms with Gasteiger partial charge in [-0.3, -0.25) is 4.98 Å². The van der Waals surface area contributed by atoms with Crippen molar-refractivity contribution in [1.29, 1.82) is 5.26 Å². The van der Waals surface area contributed by atoms with Gasteiger partial charge in [0, 0.05) is 48.5 Å². The Bertz CT molecular complexity index is 955. The smallest absolute Gasteiger partial charge is 0.0991 e. The van der Waals surface area contributed by atoms with E-state index < -0.39 is 6.10 Å². The number of aliphatic hydroxyl groups excluding tert-OH is 1. The van der Waals surface area contributed by atoms with E-state index in [0.717, 1.165) is 36.0 Å². The Morgan fingerprint density at radius 2 is 2.08 bits per heavy atom. The summed E-state index contributed by atoms with van der Waals surface area (Å²) in [6.45, 7) is 2.38. The summed E-state index contributed by atoms with van der Waals surface area (Å²) in [6.07, 6.45) is 3.77. The molecule has 1 N–H and O–H groups in total. The highest BCUT2D eigenvalue weighted by atomic mass is 16.3. The van der Waals surface area contributed by atoms with Crippen molar-refractivity contribution >= 4 is 10.9 Å². The van der Waals surface area contributed by atoms with Crippen molar-refractivity contribution in [1.82, 2.24) is 14.5 Å². The maximum atomic E-state index is 10.7. The maximum absolute atomic E-state index is 10.7. The van der Waals surface area contributed by atoms with Gasteiger partial charge in [0.05, 0.1) is 24.3 Å². The van der Waals surface area contributed by atoms with Gasteiger partial charge in [0.1, 0.15) is 0 Å². The van der Waals surface area contributed by atoms with E-state index in [0.29, 0.717) is 12.1 Å². The highest BCUT2D eigenvalue weighted by molar-refractivity contribution is 5.87. The van der Waals surface area contributed by atoms with Gasteiger partial charge in [-0.05, 0) is 48.5 Å². The molecule has 3 aromatic rings. The van der Waals surface area contributed by atoms with E-state index in [9.17, 15) is 10.4 Å². The van der Waals surface area contributed by atoms with Crippen molar-refractivity contribution in [3.8, 4) is 6.07 Å². The van der Waals surface area contributed by atoms with Crippen LogP contribution in [-0.4, -0.2) is 33.1 Å². The zero-order valence-electron chi connectivity index (χ0n) is 14.2. The molecule has 1 aliphatic heterocycles. The number of benzene rings is 1. The standard InChI is InChI=1S/C20H20N4O/c1-23-9-6-19-17(12-23)16-10-14(11-21)2-3-18(16)24(19)13-20(25)15-4-7-22-8-5-15/h2-5,7-8,10,20,25H,6,9,12-13H2,1H3. The summed E-state index contributed by atoms with van der Waals surface area (Å²) in [5, 5.41) is 21.1. The molecular weight excluding hydrogens is 312 g/mol. The van der Waals surface area contributed by atoms with Gasteiger partial charge in [-0.25, -0.2) is 0 Å². The number of aromatic nitrogens is 2. The SMILES string of the molecule is CN1CCc2c(c3cc(C#N)ccc3n2CC(O)c2ccncc2)C1. The molecule has 0 saturated carbocycles. The van der Waals surface area contributed by atoms with Crippen LogP contribution < -0.4 is 0 Å². The number of hydrogen-bond acceptors (Lipinski definition) is 4. The van der Waals surface area contributed by atoms with E-state index >= 15 is 0 Å². The summed E-state index contributed by atoms with van der Waals surface area (Å²) in [6, 6.07) is 11.8. The summed E-state index contributed by atoms with van der Waals surface area (Å²) in [5.41, 5.74) is 5.19. The Morgan fingerprint density at radius 3 is 2.84 bits per heavy atom. The van der Waals surface area contributed by atoms with Gasteiger partial charge < -0.3 is 14.6 Å². The van der Waals surface area contributed by atoms with Crippen LogP contribution in [0.3, 0.4) is 0 Å². The van der Waals surface area contributed by atoms with Crippen molar-refractivity contribution in [2.75, 3.05) is 13.6 Å². The molecule has 0 spiro atoms. The van der Waals surface area contributed by atoms with Crippen LogP contribution in [-0.2, 0) is 19.5 Å². The second kappa shape index (κ2) is 6.32. The fourth-order valence-corrected chi connectivity index (χ4v) is 3.73. The lowest BCUT2D eigenvalue weighted by molar-refractivity contribution is 0.156. The Labute approximate surface area is 146 Å². The third-order valence-corrected chi connectivity index (χ3v) is 5.02. The van der Waals surface area contributed by atoms with Crippen LogP contribution in [0.25, 0.3) is 10.9 Å². The second-order valence-corrected chi connectivity index (χ2v) is 6.66. The molecule has 3 heterocycles. The average molecular weight is 332 g/mol. The maximum Gasteiger partial charge on any atom is 0.0991 e. The van der Waals surface area contributed by atoms with Gasteiger partial charge in [0.25, 0.3) is 0 Å². The molecule has 1 unspecified atom stereocenters. The van der Waals surface area contributed by atoms with Crippen molar-refractivity contribution in [2.45, 2.75) is 25.6 Å². The predicted octanol–water partition coefficient (Wildman–Crippen LogP) is 2.63. The molecule has 5 nitrogen and oxygen atoms in total. The van der Waals surface area contributed by atoms with Crippen LogP contribution in [0.2, 0.25) is 0 Å². The lowest BCUT2D eigenvalue weighted by Crippen LogP contribution is -2.27. The van der Waals surface area contributed by atoms with Crippen LogP contribution in [0, 0.1) is 11.3 Å². The minimum absolute atomic E-state index is 0.505. The van der Waals surface area contributed by atoms with Crippen molar-refractivity contribution in [2.24, 2.45) is 0 Å². The molecule has 25 heavy (non-hydrogen) atoms. The first-order chi connectivity index (χ1) is 12.2. The van der Waals surface area contributed by atoms with Crippen LogP contribution in [0.5, 0.6) is 0 Å². The summed E-state index contributed by atoms with van der Waals surface area (Å²) >= 11 is 0. The summed E-state index contributed by atoms with van der Waals surface area (Å²) in [7, 11) is 2.12. The third-order valence-electron chi connectivity index (χ3n) is 5.02. The Balaban J connectivity index is 1.82. The van der Waals surface area contributed by atoms with Gasteiger partial charge in [0.2, 0.25) is 0 Å². The van der Waals surface area contributed by atoms with Gasteiger partial charge in [-0.15, -0.1) is 0 Å². The van der Waals surface area contributed by atoms with Crippen LogP contribution in [0.1, 0.15) is 28.5 Å². The first kappa shape index (κ1) is 15.8. The summed E-state index contributed by atoms with van der Waals surface area (Å²) < 4.78 is 2.23.